The van der Waals surface area contributed by atoms with Gasteiger partial charge in [0.1, 0.15) is 0 Å². The highest BCUT2D eigenvalue weighted by molar-refractivity contribution is 5.04. The van der Waals surface area contributed by atoms with Crippen LogP contribution in [0.5, 0.6) is 0 Å². The Bertz CT molecular complexity index is 319. The lowest BCUT2D eigenvalue weighted by Gasteiger charge is -2.29. The van der Waals surface area contributed by atoms with E-state index in [4.69, 9.17) is 4.74 Å². The first-order valence-corrected chi connectivity index (χ1v) is 7.71. The fourth-order valence-corrected chi connectivity index (χ4v) is 2.92. The molecule has 2 rings (SSSR count). The summed E-state index contributed by atoms with van der Waals surface area (Å²) in [4.78, 5) is 2.54. The third kappa shape index (κ3) is 5.25. The number of nitrogens with zero attached hydrogens (tertiary/aromatic N) is 1. The molecule has 1 saturated heterocycles. The molecule has 3 nitrogen and oxygen atoms in total. The van der Waals surface area contributed by atoms with Crippen molar-refractivity contribution in [2.75, 3.05) is 26.2 Å². The zero-order valence-electron chi connectivity index (χ0n) is 13.0. The summed E-state index contributed by atoms with van der Waals surface area (Å²) in [5.41, 5.74) is 1.70. The normalized spacial score (nSPS) is 29.6. The maximum Gasteiger partial charge on any atom is 0.0707 e. The largest absolute Gasteiger partial charge is 0.372 e. The molecule has 1 N–H and O–H groups in total. The van der Waals surface area contributed by atoms with Gasteiger partial charge < -0.3 is 10.1 Å². The van der Waals surface area contributed by atoms with E-state index in [1.807, 2.05) is 0 Å². The SMILES string of the molecule is CC1=CCCN(CC2CCC(CNC(C)(C)C)O2)C1. The molecular formula is C16H30N2O. The summed E-state index contributed by atoms with van der Waals surface area (Å²) in [6, 6.07) is 0. The second-order valence-corrected chi connectivity index (χ2v) is 7.16. The van der Waals surface area contributed by atoms with Crippen LogP contribution in [-0.4, -0.2) is 48.8 Å². The smallest absolute Gasteiger partial charge is 0.0707 e. The van der Waals surface area contributed by atoms with Crippen molar-refractivity contribution in [3.05, 3.63) is 11.6 Å². The van der Waals surface area contributed by atoms with E-state index in [-0.39, 0.29) is 5.54 Å². The molecule has 110 valence electrons. The molecular weight excluding hydrogens is 236 g/mol. The molecule has 1 fully saturated rings. The fourth-order valence-electron chi connectivity index (χ4n) is 2.92. The van der Waals surface area contributed by atoms with Crippen LogP contribution in [0.2, 0.25) is 0 Å². The second-order valence-electron chi connectivity index (χ2n) is 7.16. The zero-order valence-corrected chi connectivity index (χ0v) is 13.0. The summed E-state index contributed by atoms with van der Waals surface area (Å²) in [5, 5.41) is 3.55. The third-order valence-corrected chi connectivity index (χ3v) is 3.93. The lowest BCUT2D eigenvalue weighted by Crippen LogP contribution is -2.41. The molecule has 0 aromatic heterocycles. The molecule has 3 heteroatoms. The summed E-state index contributed by atoms with van der Waals surface area (Å²) in [6.07, 6.45) is 6.84. The van der Waals surface area contributed by atoms with Gasteiger partial charge in [-0.3, -0.25) is 4.90 Å². The zero-order chi connectivity index (χ0) is 13.9. The van der Waals surface area contributed by atoms with E-state index in [0.29, 0.717) is 12.2 Å². The van der Waals surface area contributed by atoms with Crippen LogP contribution in [0.3, 0.4) is 0 Å². The highest BCUT2D eigenvalue weighted by Gasteiger charge is 2.27. The van der Waals surface area contributed by atoms with E-state index < -0.39 is 0 Å². The molecule has 0 amide bonds. The highest BCUT2D eigenvalue weighted by Crippen LogP contribution is 2.22. The molecule has 2 aliphatic heterocycles. The molecule has 0 radical (unpaired) electrons. The van der Waals surface area contributed by atoms with Gasteiger partial charge in [-0.2, -0.15) is 0 Å². The second kappa shape index (κ2) is 6.38. The van der Waals surface area contributed by atoms with Crippen LogP contribution in [0, 0.1) is 0 Å². The molecule has 0 saturated carbocycles. The minimum atomic E-state index is 0.191. The van der Waals surface area contributed by atoms with Gasteiger partial charge in [-0.25, -0.2) is 0 Å². The molecule has 0 aromatic rings. The fraction of sp³-hybridized carbons (Fsp3) is 0.875. The summed E-state index contributed by atoms with van der Waals surface area (Å²) in [5.74, 6) is 0. The van der Waals surface area contributed by atoms with Crippen LogP contribution in [-0.2, 0) is 4.74 Å². The Kier molecular flexibility index (Phi) is 5.04. The first-order chi connectivity index (χ1) is 8.92. The molecule has 2 unspecified atom stereocenters. The first kappa shape index (κ1) is 15.0. The van der Waals surface area contributed by atoms with Gasteiger partial charge in [-0.15, -0.1) is 0 Å². The lowest BCUT2D eigenvalue weighted by molar-refractivity contribution is 0.0220. The Morgan fingerprint density at radius 2 is 2.05 bits per heavy atom. The van der Waals surface area contributed by atoms with Crippen LogP contribution in [0.4, 0.5) is 0 Å². The van der Waals surface area contributed by atoms with Gasteiger partial charge in [0.05, 0.1) is 12.2 Å². The van der Waals surface area contributed by atoms with E-state index in [2.05, 4.69) is 44.0 Å². The Balaban J connectivity index is 1.69. The Morgan fingerprint density at radius 1 is 1.32 bits per heavy atom. The molecule has 0 aromatic carbocycles. The van der Waals surface area contributed by atoms with Crippen molar-refractivity contribution in [2.45, 2.75) is 64.7 Å². The molecule has 19 heavy (non-hydrogen) atoms. The van der Waals surface area contributed by atoms with Crippen molar-refractivity contribution >= 4 is 0 Å². The standard InChI is InChI=1S/C16H30N2O/c1-13-6-5-9-18(11-13)12-15-8-7-14(19-15)10-17-16(2,3)4/h6,14-15,17H,5,7-12H2,1-4H3. The van der Waals surface area contributed by atoms with Crippen LogP contribution in [0.15, 0.2) is 11.6 Å². The average molecular weight is 266 g/mol. The van der Waals surface area contributed by atoms with Crippen LogP contribution >= 0.6 is 0 Å². The van der Waals surface area contributed by atoms with Crippen LogP contribution in [0.1, 0.15) is 47.0 Å². The number of ether oxygens (including phenoxy) is 1. The number of hydrogen-bond acceptors (Lipinski definition) is 3. The molecule has 0 bridgehead atoms. The number of hydrogen-bond donors (Lipinski definition) is 1. The van der Waals surface area contributed by atoms with E-state index in [0.717, 1.165) is 19.6 Å². The van der Waals surface area contributed by atoms with Gasteiger partial charge in [0, 0.05) is 31.7 Å². The van der Waals surface area contributed by atoms with Gasteiger partial charge in [0.15, 0.2) is 0 Å². The van der Waals surface area contributed by atoms with Gasteiger partial charge in [0.25, 0.3) is 0 Å². The van der Waals surface area contributed by atoms with Crippen molar-refractivity contribution in [1.29, 1.82) is 0 Å². The first-order valence-electron chi connectivity index (χ1n) is 7.71. The van der Waals surface area contributed by atoms with Crippen LogP contribution in [0.25, 0.3) is 0 Å². The molecule has 0 aliphatic carbocycles. The Hall–Kier alpha value is -0.380. The summed E-state index contributed by atoms with van der Waals surface area (Å²) in [7, 11) is 0. The minimum absolute atomic E-state index is 0.191. The maximum atomic E-state index is 6.17. The lowest BCUT2D eigenvalue weighted by atomic mass is 10.1. The predicted octanol–water partition coefficient (Wildman–Crippen LogP) is 2.57. The van der Waals surface area contributed by atoms with E-state index in [1.165, 1.54) is 31.4 Å². The topological polar surface area (TPSA) is 24.5 Å². The van der Waals surface area contributed by atoms with Gasteiger partial charge in [0.2, 0.25) is 0 Å². The molecule has 2 heterocycles. The van der Waals surface area contributed by atoms with Gasteiger partial charge in [-0.05, 0) is 47.0 Å². The summed E-state index contributed by atoms with van der Waals surface area (Å²) < 4.78 is 6.17. The Morgan fingerprint density at radius 3 is 2.74 bits per heavy atom. The average Bonchev–Trinajstić information content (AvgIpc) is 2.73. The number of nitrogens with one attached hydrogen (secondary N) is 1. The number of rotatable bonds is 4. The van der Waals surface area contributed by atoms with Crippen LogP contribution < -0.4 is 5.32 Å². The molecule has 2 atom stereocenters. The van der Waals surface area contributed by atoms with Crippen molar-refractivity contribution in [3.63, 3.8) is 0 Å². The van der Waals surface area contributed by atoms with Crippen molar-refractivity contribution < 1.29 is 4.74 Å². The molecule has 0 spiro atoms. The summed E-state index contributed by atoms with van der Waals surface area (Å²) >= 11 is 0. The minimum Gasteiger partial charge on any atom is -0.372 e. The predicted molar refractivity (Wildman–Crippen MR) is 80.5 cm³/mol. The summed E-state index contributed by atoms with van der Waals surface area (Å²) in [6.45, 7) is 13.3. The Labute approximate surface area is 118 Å². The van der Waals surface area contributed by atoms with Gasteiger partial charge in [-0.1, -0.05) is 11.6 Å². The van der Waals surface area contributed by atoms with Crippen molar-refractivity contribution in [1.82, 2.24) is 10.2 Å². The van der Waals surface area contributed by atoms with Crippen molar-refractivity contribution in [3.8, 4) is 0 Å². The van der Waals surface area contributed by atoms with Crippen molar-refractivity contribution in [2.24, 2.45) is 0 Å². The maximum absolute atomic E-state index is 6.17. The molecule has 2 aliphatic rings. The van der Waals surface area contributed by atoms with E-state index >= 15 is 0 Å². The monoisotopic (exact) mass is 266 g/mol. The van der Waals surface area contributed by atoms with Gasteiger partial charge >= 0.3 is 0 Å². The quantitative estimate of drug-likeness (QED) is 0.792. The third-order valence-electron chi connectivity index (χ3n) is 3.93. The highest BCUT2D eigenvalue weighted by atomic mass is 16.5. The van der Waals surface area contributed by atoms with E-state index in [1.54, 1.807) is 0 Å². The van der Waals surface area contributed by atoms with E-state index in [9.17, 15) is 0 Å².